The van der Waals surface area contributed by atoms with Crippen molar-refractivity contribution < 1.29 is 24.6 Å². The Kier molecular flexibility index (Phi) is 8.07. The number of benzene rings is 1. The number of hydrogen-bond donors (Lipinski definition) is 4. The molecular formula is C18H26N2O5. The second-order valence-corrected chi connectivity index (χ2v) is 6.47. The Bertz CT molecular complexity index is 588. The van der Waals surface area contributed by atoms with Crippen molar-refractivity contribution in [3.05, 3.63) is 35.9 Å². The zero-order valence-electron chi connectivity index (χ0n) is 14.7. The van der Waals surface area contributed by atoms with Crippen LogP contribution in [-0.2, 0) is 20.8 Å². The van der Waals surface area contributed by atoms with Crippen LogP contribution in [0.4, 0.5) is 0 Å². The standard InChI is InChI=1S/C18H26N2O5/c1-11(2)9-15(18(24)25)20-17(23)16(22)14(19-12(3)21)10-13-7-5-4-6-8-13/h4-8,11,14-16,22H,9-10H2,1-3H3,(H,19,21)(H,20,23)(H,24,25)/t14-,15+,16+/m1/s1. The lowest BCUT2D eigenvalue weighted by Crippen LogP contribution is -2.54. The molecule has 0 unspecified atom stereocenters. The van der Waals surface area contributed by atoms with Gasteiger partial charge in [-0.15, -0.1) is 0 Å². The number of rotatable bonds is 9. The highest BCUT2D eigenvalue weighted by atomic mass is 16.4. The zero-order valence-corrected chi connectivity index (χ0v) is 14.7. The number of aliphatic hydroxyl groups is 1. The summed E-state index contributed by atoms with van der Waals surface area (Å²) >= 11 is 0. The summed E-state index contributed by atoms with van der Waals surface area (Å²) in [4.78, 5) is 34.9. The Morgan fingerprint density at radius 2 is 1.68 bits per heavy atom. The first-order valence-corrected chi connectivity index (χ1v) is 8.23. The molecule has 1 aromatic rings. The van der Waals surface area contributed by atoms with Crippen LogP contribution in [0.3, 0.4) is 0 Å². The van der Waals surface area contributed by atoms with Gasteiger partial charge < -0.3 is 20.8 Å². The van der Waals surface area contributed by atoms with Crippen LogP contribution < -0.4 is 10.6 Å². The second kappa shape index (κ2) is 9.78. The van der Waals surface area contributed by atoms with E-state index in [0.29, 0.717) is 0 Å². The Morgan fingerprint density at radius 1 is 1.08 bits per heavy atom. The number of hydrogen-bond acceptors (Lipinski definition) is 4. The van der Waals surface area contributed by atoms with Crippen LogP contribution in [-0.4, -0.2) is 46.2 Å². The quantitative estimate of drug-likeness (QED) is 0.523. The molecule has 1 rings (SSSR count). The van der Waals surface area contributed by atoms with Gasteiger partial charge >= 0.3 is 5.97 Å². The van der Waals surface area contributed by atoms with Crippen molar-refractivity contribution >= 4 is 17.8 Å². The van der Waals surface area contributed by atoms with Crippen molar-refractivity contribution in [3.8, 4) is 0 Å². The minimum Gasteiger partial charge on any atom is -0.480 e. The molecule has 0 fully saturated rings. The van der Waals surface area contributed by atoms with E-state index < -0.39 is 30.1 Å². The van der Waals surface area contributed by atoms with Gasteiger partial charge in [0.05, 0.1) is 6.04 Å². The Labute approximate surface area is 147 Å². The lowest BCUT2D eigenvalue weighted by Gasteiger charge is -2.25. The molecule has 2 amide bonds. The minimum absolute atomic E-state index is 0.0639. The number of aliphatic hydroxyl groups excluding tert-OH is 1. The number of carbonyl (C=O) groups is 3. The molecule has 0 bridgehead atoms. The second-order valence-electron chi connectivity index (χ2n) is 6.47. The lowest BCUT2D eigenvalue weighted by molar-refractivity contribution is -0.144. The predicted molar refractivity (Wildman–Crippen MR) is 92.8 cm³/mol. The molecule has 0 saturated heterocycles. The molecule has 0 spiro atoms. The molecule has 3 atom stereocenters. The average molecular weight is 350 g/mol. The topological polar surface area (TPSA) is 116 Å². The van der Waals surface area contributed by atoms with Crippen molar-refractivity contribution in [2.45, 2.75) is 51.8 Å². The third kappa shape index (κ3) is 7.34. The largest absolute Gasteiger partial charge is 0.480 e. The molecular weight excluding hydrogens is 324 g/mol. The van der Waals surface area contributed by atoms with E-state index >= 15 is 0 Å². The lowest BCUT2D eigenvalue weighted by atomic mass is 9.99. The van der Waals surface area contributed by atoms with Gasteiger partial charge in [0.2, 0.25) is 5.91 Å². The summed E-state index contributed by atoms with van der Waals surface area (Å²) in [6.07, 6.45) is -1.06. The average Bonchev–Trinajstić information content (AvgIpc) is 2.52. The number of carboxylic acids is 1. The third-order valence-corrected chi connectivity index (χ3v) is 3.66. The van der Waals surface area contributed by atoms with Crippen LogP contribution in [0.25, 0.3) is 0 Å². The first-order chi connectivity index (χ1) is 11.7. The van der Waals surface area contributed by atoms with Crippen LogP contribution in [0.5, 0.6) is 0 Å². The highest BCUT2D eigenvalue weighted by molar-refractivity contribution is 5.87. The van der Waals surface area contributed by atoms with Gasteiger partial charge in [-0.3, -0.25) is 9.59 Å². The smallest absolute Gasteiger partial charge is 0.326 e. The van der Waals surface area contributed by atoms with Crippen molar-refractivity contribution in [1.29, 1.82) is 0 Å². The fourth-order valence-corrected chi connectivity index (χ4v) is 2.50. The SMILES string of the molecule is CC(=O)N[C@H](Cc1ccccc1)[C@H](O)C(=O)N[C@@H](CC(C)C)C(=O)O. The number of amides is 2. The van der Waals surface area contributed by atoms with E-state index in [4.69, 9.17) is 0 Å². The molecule has 138 valence electrons. The van der Waals surface area contributed by atoms with E-state index in [1.165, 1.54) is 6.92 Å². The van der Waals surface area contributed by atoms with Gasteiger partial charge in [0, 0.05) is 6.92 Å². The Morgan fingerprint density at radius 3 is 2.16 bits per heavy atom. The van der Waals surface area contributed by atoms with Crippen molar-refractivity contribution in [3.63, 3.8) is 0 Å². The normalized spacial score (nSPS) is 14.4. The van der Waals surface area contributed by atoms with Gasteiger partial charge in [0.15, 0.2) is 6.10 Å². The minimum atomic E-state index is -1.56. The van der Waals surface area contributed by atoms with Crippen LogP contribution in [0.15, 0.2) is 30.3 Å². The highest BCUT2D eigenvalue weighted by Crippen LogP contribution is 2.09. The summed E-state index contributed by atoms with van der Waals surface area (Å²) in [5.74, 6) is -2.30. The summed E-state index contributed by atoms with van der Waals surface area (Å²) in [5, 5.41) is 24.4. The predicted octanol–water partition coefficient (Wildman–Crippen LogP) is 0.710. The number of aliphatic carboxylic acids is 1. The molecule has 7 nitrogen and oxygen atoms in total. The summed E-state index contributed by atoms with van der Waals surface area (Å²) in [6, 6.07) is 7.16. The van der Waals surface area contributed by atoms with E-state index in [0.717, 1.165) is 5.56 Å². The van der Waals surface area contributed by atoms with Gasteiger partial charge in [-0.2, -0.15) is 0 Å². The molecule has 0 heterocycles. The fraction of sp³-hybridized carbons (Fsp3) is 0.500. The maximum Gasteiger partial charge on any atom is 0.326 e. The van der Waals surface area contributed by atoms with Crippen LogP contribution in [0, 0.1) is 5.92 Å². The summed E-state index contributed by atoms with van der Waals surface area (Å²) in [6.45, 7) is 4.98. The maximum absolute atomic E-state index is 12.3. The van der Waals surface area contributed by atoms with E-state index in [-0.39, 0.29) is 24.7 Å². The fourth-order valence-electron chi connectivity index (χ4n) is 2.50. The summed E-state index contributed by atoms with van der Waals surface area (Å²) < 4.78 is 0. The van der Waals surface area contributed by atoms with Gasteiger partial charge in [0.25, 0.3) is 5.91 Å². The maximum atomic E-state index is 12.3. The molecule has 0 aromatic heterocycles. The molecule has 1 aromatic carbocycles. The number of nitrogens with one attached hydrogen (secondary N) is 2. The number of carboxylic acid groups (broad SMARTS) is 1. The monoisotopic (exact) mass is 350 g/mol. The van der Waals surface area contributed by atoms with Gasteiger partial charge in [-0.25, -0.2) is 4.79 Å². The van der Waals surface area contributed by atoms with E-state index in [1.54, 1.807) is 0 Å². The summed E-state index contributed by atoms with van der Waals surface area (Å²) in [5.41, 5.74) is 0.838. The van der Waals surface area contributed by atoms with Gasteiger partial charge in [-0.05, 0) is 24.3 Å². The molecule has 0 radical (unpaired) electrons. The molecule has 0 saturated carbocycles. The van der Waals surface area contributed by atoms with Gasteiger partial charge in [-0.1, -0.05) is 44.2 Å². The molecule has 0 aliphatic heterocycles. The van der Waals surface area contributed by atoms with E-state index in [2.05, 4.69) is 10.6 Å². The molecule has 7 heteroatoms. The van der Waals surface area contributed by atoms with Crippen molar-refractivity contribution in [2.24, 2.45) is 5.92 Å². The first-order valence-electron chi connectivity index (χ1n) is 8.23. The molecule has 25 heavy (non-hydrogen) atoms. The van der Waals surface area contributed by atoms with Crippen LogP contribution in [0.2, 0.25) is 0 Å². The van der Waals surface area contributed by atoms with Gasteiger partial charge in [0.1, 0.15) is 6.04 Å². The number of carbonyl (C=O) groups excluding carboxylic acids is 2. The summed E-state index contributed by atoms with van der Waals surface area (Å²) in [7, 11) is 0. The highest BCUT2D eigenvalue weighted by Gasteiger charge is 2.30. The zero-order chi connectivity index (χ0) is 19.0. The first kappa shape index (κ1) is 20.6. The molecule has 4 N–H and O–H groups in total. The Hall–Kier alpha value is -2.41. The van der Waals surface area contributed by atoms with Crippen LogP contribution >= 0.6 is 0 Å². The van der Waals surface area contributed by atoms with Crippen molar-refractivity contribution in [1.82, 2.24) is 10.6 Å². The molecule has 0 aliphatic rings. The van der Waals surface area contributed by atoms with E-state index in [1.807, 2.05) is 44.2 Å². The Balaban J connectivity index is 2.84. The van der Waals surface area contributed by atoms with Crippen LogP contribution in [0.1, 0.15) is 32.8 Å². The van der Waals surface area contributed by atoms with E-state index in [9.17, 15) is 24.6 Å². The van der Waals surface area contributed by atoms with Crippen molar-refractivity contribution in [2.75, 3.05) is 0 Å². The third-order valence-electron chi connectivity index (χ3n) is 3.66. The molecule has 0 aliphatic carbocycles.